The molecule has 1 aromatic carbocycles. The molecular weight excluding hydrogens is 384 g/mol. The fraction of sp³-hybridized carbons (Fsp3) is 0.545. The van der Waals surface area contributed by atoms with Crippen molar-refractivity contribution < 1.29 is 8.42 Å². The third-order valence-electron chi connectivity index (χ3n) is 6.52. The average Bonchev–Trinajstić information content (AvgIpc) is 3.18. The van der Waals surface area contributed by atoms with Crippen molar-refractivity contribution in [1.29, 1.82) is 0 Å². The van der Waals surface area contributed by atoms with Gasteiger partial charge in [0, 0.05) is 30.9 Å². The molecule has 3 aliphatic rings. The molecule has 1 aromatic heterocycles. The van der Waals surface area contributed by atoms with Crippen LogP contribution in [0.15, 0.2) is 24.3 Å². The molecule has 2 aliphatic heterocycles. The van der Waals surface area contributed by atoms with E-state index in [2.05, 4.69) is 9.88 Å². The van der Waals surface area contributed by atoms with Gasteiger partial charge in [0.15, 0.2) is 0 Å². The van der Waals surface area contributed by atoms with E-state index < -0.39 is 15.3 Å². The predicted octanol–water partition coefficient (Wildman–Crippen LogP) is 3.03. The van der Waals surface area contributed by atoms with Crippen LogP contribution >= 0.6 is 0 Å². The molecule has 1 aliphatic carbocycles. The van der Waals surface area contributed by atoms with Crippen molar-refractivity contribution in [2.45, 2.75) is 57.1 Å². The molecule has 0 radical (unpaired) electrons. The molecule has 0 bridgehead atoms. The summed E-state index contributed by atoms with van der Waals surface area (Å²) in [5.41, 5.74) is 4.40. The minimum atomic E-state index is -3.40. The number of aryl methyl sites for hydroxylation is 2. The Kier molecular flexibility index (Phi) is 4.73. The summed E-state index contributed by atoms with van der Waals surface area (Å²) in [6.45, 7) is 3.88. The predicted molar refractivity (Wildman–Crippen MR) is 115 cm³/mol. The summed E-state index contributed by atoms with van der Waals surface area (Å²) < 4.78 is 28.7. The number of fused-ring (bicyclic) bond motifs is 2. The highest BCUT2D eigenvalue weighted by atomic mass is 32.2. The number of para-hydroxylation sites is 1. The average molecular weight is 413 g/mol. The summed E-state index contributed by atoms with van der Waals surface area (Å²) in [5.74, 6) is 1.77. The lowest BCUT2D eigenvalue weighted by molar-refractivity contribution is 0.524. The zero-order chi connectivity index (χ0) is 20.0. The number of hydrogen-bond acceptors (Lipinski definition) is 5. The molecule has 1 unspecified atom stereocenters. The van der Waals surface area contributed by atoms with Gasteiger partial charge in [-0.1, -0.05) is 18.2 Å². The highest BCUT2D eigenvalue weighted by molar-refractivity contribution is 7.93. The second-order valence-electron chi connectivity index (χ2n) is 8.43. The molecule has 154 valence electrons. The van der Waals surface area contributed by atoms with Gasteiger partial charge in [-0.3, -0.25) is 4.31 Å². The SMILES string of the molecule is Cc1nc2c(c(N3CCCC(S(=O)(=O)N4CCc5ccccc54)C3)n1)CCCC2. The monoisotopic (exact) mass is 412 g/mol. The molecule has 29 heavy (non-hydrogen) atoms. The zero-order valence-electron chi connectivity index (χ0n) is 17.0. The fourth-order valence-corrected chi connectivity index (χ4v) is 7.07. The smallest absolute Gasteiger partial charge is 0.239 e. The van der Waals surface area contributed by atoms with Crippen LogP contribution in [0.2, 0.25) is 0 Å². The Bertz CT molecular complexity index is 1040. The number of sulfonamides is 1. The lowest BCUT2D eigenvalue weighted by Crippen LogP contribution is -2.48. The van der Waals surface area contributed by atoms with Crippen molar-refractivity contribution in [3.8, 4) is 0 Å². The maximum absolute atomic E-state index is 13.5. The summed E-state index contributed by atoms with van der Waals surface area (Å²) in [6.07, 6.45) is 6.72. The lowest BCUT2D eigenvalue weighted by Gasteiger charge is -2.37. The minimum Gasteiger partial charge on any atom is -0.355 e. The first-order valence-electron chi connectivity index (χ1n) is 10.7. The van der Waals surface area contributed by atoms with Crippen LogP contribution in [0.25, 0.3) is 0 Å². The van der Waals surface area contributed by atoms with E-state index in [1.54, 1.807) is 4.31 Å². The van der Waals surface area contributed by atoms with Crippen LogP contribution in [0.4, 0.5) is 11.5 Å². The van der Waals surface area contributed by atoms with Crippen molar-refractivity contribution in [2.75, 3.05) is 28.8 Å². The van der Waals surface area contributed by atoms with Crippen LogP contribution in [-0.4, -0.2) is 43.3 Å². The number of hydrogen-bond donors (Lipinski definition) is 0. The quantitative estimate of drug-likeness (QED) is 0.775. The number of nitrogens with zero attached hydrogens (tertiary/aromatic N) is 4. The minimum absolute atomic E-state index is 0.392. The fourth-order valence-electron chi connectivity index (χ4n) is 5.08. The van der Waals surface area contributed by atoms with Gasteiger partial charge in [-0.2, -0.15) is 0 Å². The molecule has 0 saturated carbocycles. The second-order valence-corrected chi connectivity index (χ2v) is 10.6. The molecule has 3 heterocycles. The van der Waals surface area contributed by atoms with Crippen LogP contribution in [0.5, 0.6) is 0 Å². The largest absolute Gasteiger partial charge is 0.355 e. The Morgan fingerprint density at radius 2 is 1.83 bits per heavy atom. The van der Waals surface area contributed by atoms with Crippen molar-refractivity contribution in [2.24, 2.45) is 0 Å². The van der Waals surface area contributed by atoms with Crippen molar-refractivity contribution in [1.82, 2.24) is 9.97 Å². The van der Waals surface area contributed by atoms with E-state index in [-0.39, 0.29) is 0 Å². The standard InChI is InChI=1S/C22H28N4O2S/c1-16-23-20-10-4-3-9-19(20)22(24-16)25-13-6-8-18(15-25)29(27,28)26-14-12-17-7-2-5-11-21(17)26/h2,5,7,11,18H,3-4,6,8-10,12-15H2,1H3. The molecule has 0 amide bonds. The number of benzene rings is 1. The highest BCUT2D eigenvalue weighted by Gasteiger charge is 2.39. The van der Waals surface area contributed by atoms with Crippen molar-refractivity contribution in [3.63, 3.8) is 0 Å². The molecule has 2 aromatic rings. The van der Waals surface area contributed by atoms with Gasteiger partial charge in [-0.05, 0) is 63.5 Å². The van der Waals surface area contributed by atoms with Gasteiger partial charge in [0.05, 0.1) is 10.9 Å². The van der Waals surface area contributed by atoms with E-state index in [0.29, 0.717) is 19.5 Å². The molecule has 5 rings (SSSR count). The Balaban J connectivity index is 1.44. The first-order chi connectivity index (χ1) is 14.0. The molecule has 0 N–H and O–H groups in total. The van der Waals surface area contributed by atoms with Gasteiger partial charge in [0.25, 0.3) is 0 Å². The van der Waals surface area contributed by atoms with E-state index in [1.807, 2.05) is 31.2 Å². The lowest BCUT2D eigenvalue weighted by atomic mass is 9.95. The van der Waals surface area contributed by atoms with Crippen molar-refractivity contribution >= 4 is 21.5 Å². The Morgan fingerprint density at radius 3 is 2.72 bits per heavy atom. The molecule has 0 spiro atoms. The van der Waals surface area contributed by atoms with Crippen LogP contribution in [0, 0.1) is 6.92 Å². The zero-order valence-corrected chi connectivity index (χ0v) is 17.8. The molecule has 1 fully saturated rings. The Morgan fingerprint density at radius 1 is 1.00 bits per heavy atom. The molecule has 1 saturated heterocycles. The van der Waals surface area contributed by atoms with Gasteiger partial charge >= 0.3 is 0 Å². The van der Waals surface area contributed by atoms with Gasteiger partial charge in [-0.15, -0.1) is 0 Å². The molecule has 7 heteroatoms. The summed E-state index contributed by atoms with van der Waals surface area (Å²) >= 11 is 0. The highest BCUT2D eigenvalue weighted by Crippen LogP contribution is 2.35. The number of aromatic nitrogens is 2. The third-order valence-corrected chi connectivity index (χ3v) is 8.74. The maximum atomic E-state index is 13.5. The van der Waals surface area contributed by atoms with E-state index >= 15 is 0 Å². The Hall–Kier alpha value is -2.15. The van der Waals surface area contributed by atoms with Crippen LogP contribution in [0.3, 0.4) is 0 Å². The first-order valence-corrected chi connectivity index (χ1v) is 12.2. The normalized spacial score (nSPS) is 21.8. The number of anilines is 2. The van der Waals surface area contributed by atoms with Crippen LogP contribution in [0.1, 0.15) is 48.3 Å². The Labute approximate surface area is 173 Å². The van der Waals surface area contributed by atoms with E-state index in [9.17, 15) is 8.42 Å². The first kappa shape index (κ1) is 18.9. The summed E-state index contributed by atoms with van der Waals surface area (Å²) in [7, 11) is -3.40. The van der Waals surface area contributed by atoms with Gasteiger partial charge in [-0.25, -0.2) is 18.4 Å². The maximum Gasteiger partial charge on any atom is 0.239 e. The summed E-state index contributed by atoms with van der Waals surface area (Å²) in [4.78, 5) is 11.6. The third kappa shape index (κ3) is 3.29. The number of piperidine rings is 1. The van der Waals surface area contributed by atoms with Crippen LogP contribution in [-0.2, 0) is 29.3 Å². The van der Waals surface area contributed by atoms with E-state index in [1.165, 1.54) is 12.0 Å². The summed E-state index contributed by atoms with van der Waals surface area (Å²) in [6, 6.07) is 7.88. The van der Waals surface area contributed by atoms with E-state index in [4.69, 9.17) is 4.98 Å². The summed E-state index contributed by atoms with van der Waals surface area (Å²) in [5, 5.41) is -0.392. The van der Waals surface area contributed by atoms with Crippen molar-refractivity contribution in [3.05, 3.63) is 46.9 Å². The van der Waals surface area contributed by atoms with E-state index in [0.717, 1.165) is 67.2 Å². The molecule has 6 nitrogen and oxygen atoms in total. The van der Waals surface area contributed by atoms with Crippen LogP contribution < -0.4 is 9.21 Å². The van der Waals surface area contributed by atoms with Gasteiger partial charge < -0.3 is 4.90 Å². The second kappa shape index (κ2) is 7.27. The molecular formula is C22H28N4O2S. The van der Waals surface area contributed by atoms with Gasteiger partial charge in [0.1, 0.15) is 11.6 Å². The van der Waals surface area contributed by atoms with Gasteiger partial charge in [0.2, 0.25) is 10.0 Å². The number of rotatable bonds is 3. The topological polar surface area (TPSA) is 66.4 Å². The molecule has 1 atom stereocenters.